The van der Waals surface area contributed by atoms with Gasteiger partial charge in [0.2, 0.25) is 0 Å². The van der Waals surface area contributed by atoms with Gasteiger partial charge in [0.1, 0.15) is 0 Å². The van der Waals surface area contributed by atoms with E-state index >= 15 is 0 Å². The Morgan fingerprint density at radius 2 is 2.14 bits per heavy atom. The van der Waals surface area contributed by atoms with Crippen LogP contribution in [0.5, 0.6) is 0 Å². The van der Waals surface area contributed by atoms with Crippen LogP contribution in [0.15, 0.2) is 39.0 Å². The average molecular weight is 386 g/mol. The fourth-order valence-corrected chi connectivity index (χ4v) is 5.18. The lowest BCUT2D eigenvalue weighted by atomic mass is 9.94. The smallest absolute Gasteiger partial charge is 0.175 e. The number of anilines is 1. The molecule has 2 aromatic rings. The van der Waals surface area contributed by atoms with Gasteiger partial charge in [0.05, 0.1) is 14.7 Å². The zero-order valence-electron chi connectivity index (χ0n) is 11.6. The minimum atomic E-state index is -3.17. The van der Waals surface area contributed by atoms with Gasteiger partial charge in [-0.05, 0) is 65.0 Å². The highest BCUT2D eigenvalue weighted by Crippen LogP contribution is 2.39. The van der Waals surface area contributed by atoms with Gasteiger partial charge in [0, 0.05) is 16.8 Å². The van der Waals surface area contributed by atoms with E-state index in [4.69, 9.17) is 0 Å². The molecule has 3 rings (SSSR count). The molecule has 3 nitrogen and oxygen atoms in total. The molecule has 0 saturated heterocycles. The van der Waals surface area contributed by atoms with E-state index in [0.717, 1.165) is 28.7 Å². The van der Waals surface area contributed by atoms with E-state index in [9.17, 15) is 8.42 Å². The van der Waals surface area contributed by atoms with Crippen LogP contribution >= 0.6 is 27.3 Å². The first kappa shape index (κ1) is 15.1. The quantitative estimate of drug-likeness (QED) is 0.850. The maximum atomic E-state index is 11.6. The molecule has 0 saturated carbocycles. The highest BCUT2D eigenvalue weighted by molar-refractivity contribution is 9.11. The summed E-state index contributed by atoms with van der Waals surface area (Å²) in [4.78, 5) is 1.78. The van der Waals surface area contributed by atoms with Crippen molar-refractivity contribution < 1.29 is 8.42 Å². The number of nitrogens with one attached hydrogen (secondary N) is 1. The van der Waals surface area contributed by atoms with Gasteiger partial charge in [0.15, 0.2) is 9.84 Å². The molecular formula is C15H16BrNO2S2. The van der Waals surface area contributed by atoms with Crippen LogP contribution < -0.4 is 5.32 Å². The predicted octanol–water partition coefficient (Wildman–Crippen LogP) is 4.40. The van der Waals surface area contributed by atoms with Gasteiger partial charge in [0.25, 0.3) is 0 Å². The van der Waals surface area contributed by atoms with Gasteiger partial charge in [-0.1, -0.05) is 6.07 Å². The summed E-state index contributed by atoms with van der Waals surface area (Å²) in [6.07, 6.45) is 4.59. The van der Waals surface area contributed by atoms with Gasteiger partial charge < -0.3 is 5.32 Å². The molecule has 0 amide bonds. The largest absolute Gasteiger partial charge is 0.378 e. The Bertz CT molecular complexity index is 768. The van der Waals surface area contributed by atoms with Crippen LogP contribution in [0.4, 0.5) is 5.69 Å². The summed E-state index contributed by atoms with van der Waals surface area (Å²) < 4.78 is 24.5. The Balaban J connectivity index is 1.88. The number of hydrogen-bond donors (Lipinski definition) is 1. The molecule has 1 aliphatic carbocycles. The summed E-state index contributed by atoms with van der Waals surface area (Å²) >= 11 is 5.35. The SMILES string of the molecule is CS(=O)(=O)c1cccc(NC2CCCc3sc(Br)cc32)c1. The van der Waals surface area contributed by atoms with Gasteiger partial charge in [-0.2, -0.15) is 0 Å². The fraction of sp³-hybridized carbons (Fsp3) is 0.333. The van der Waals surface area contributed by atoms with Crippen molar-refractivity contribution in [3.63, 3.8) is 0 Å². The highest BCUT2D eigenvalue weighted by Gasteiger charge is 2.22. The van der Waals surface area contributed by atoms with E-state index in [1.54, 1.807) is 29.5 Å². The third-order valence-corrected chi connectivity index (χ3v) is 6.51. The summed E-state index contributed by atoms with van der Waals surface area (Å²) in [6.45, 7) is 0. The molecule has 0 aliphatic heterocycles. The van der Waals surface area contributed by atoms with Crippen LogP contribution in [0.2, 0.25) is 0 Å². The first-order valence-corrected chi connectivity index (χ1v) is 10.3. The second-order valence-corrected chi connectivity index (χ2v) is 9.85. The Hall–Kier alpha value is -0.850. The molecule has 1 unspecified atom stereocenters. The molecule has 0 spiro atoms. The standard InChI is InChI=1S/C15H16BrNO2S2/c1-21(18,19)11-5-2-4-10(8-11)17-13-6-3-7-14-12(13)9-15(16)20-14/h2,4-5,8-9,13,17H,3,6-7H2,1H3. The van der Waals surface area contributed by atoms with Gasteiger partial charge in [-0.3, -0.25) is 0 Å². The zero-order valence-corrected chi connectivity index (χ0v) is 14.8. The molecule has 6 heteroatoms. The van der Waals surface area contributed by atoms with Gasteiger partial charge in [-0.25, -0.2) is 8.42 Å². The molecule has 21 heavy (non-hydrogen) atoms. The lowest BCUT2D eigenvalue weighted by molar-refractivity contribution is 0.601. The minimum Gasteiger partial charge on any atom is -0.378 e. The second kappa shape index (κ2) is 5.74. The molecule has 0 radical (unpaired) electrons. The molecule has 1 aliphatic rings. The van der Waals surface area contributed by atoms with Crippen molar-refractivity contribution in [3.8, 4) is 0 Å². The zero-order chi connectivity index (χ0) is 15.0. The van der Waals surface area contributed by atoms with Crippen molar-refractivity contribution in [3.05, 3.63) is 44.6 Å². The Morgan fingerprint density at radius 1 is 1.33 bits per heavy atom. The summed E-state index contributed by atoms with van der Waals surface area (Å²) in [5, 5.41) is 3.48. The minimum absolute atomic E-state index is 0.256. The van der Waals surface area contributed by atoms with Crippen LogP contribution in [0.1, 0.15) is 29.3 Å². The molecule has 1 N–H and O–H groups in total. The maximum absolute atomic E-state index is 11.6. The lowest BCUT2D eigenvalue weighted by Gasteiger charge is -2.24. The number of aryl methyl sites for hydroxylation is 1. The van der Waals surface area contributed by atoms with Crippen LogP contribution in [0, 0.1) is 0 Å². The van der Waals surface area contributed by atoms with Crippen molar-refractivity contribution in [2.45, 2.75) is 30.2 Å². The van der Waals surface area contributed by atoms with E-state index in [1.165, 1.54) is 16.7 Å². The van der Waals surface area contributed by atoms with E-state index in [1.807, 2.05) is 6.07 Å². The van der Waals surface area contributed by atoms with Crippen LogP contribution in [0.3, 0.4) is 0 Å². The molecule has 1 heterocycles. The van der Waals surface area contributed by atoms with Crippen LogP contribution in [-0.2, 0) is 16.3 Å². The summed E-state index contributed by atoms with van der Waals surface area (Å²) in [6, 6.07) is 9.48. The first-order chi connectivity index (χ1) is 9.93. The third kappa shape index (κ3) is 3.33. The third-order valence-electron chi connectivity index (χ3n) is 3.69. The number of sulfone groups is 1. The predicted molar refractivity (Wildman–Crippen MR) is 90.9 cm³/mol. The second-order valence-electron chi connectivity index (χ2n) is 5.32. The summed E-state index contributed by atoms with van der Waals surface area (Å²) in [5.74, 6) is 0. The molecule has 1 atom stereocenters. The normalized spacial score (nSPS) is 18.3. The van der Waals surface area contributed by atoms with E-state index in [2.05, 4.69) is 27.3 Å². The molecule has 112 valence electrons. The molecule has 0 bridgehead atoms. The van der Waals surface area contributed by atoms with Gasteiger partial charge >= 0.3 is 0 Å². The van der Waals surface area contributed by atoms with Crippen LogP contribution in [-0.4, -0.2) is 14.7 Å². The Labute approximate surface area is 137 Å². The molecule has 1 aromatic carbocycles. The number of halogens is 1. The summed E-state index contributed by atoms with van der Waals surface area (Å²) in [5.41, 5.74) is 2.20. The lowest BCUT2D eigenvalue weighted by Crippen LogP contribution is -2.15. The molecular weight excluding hydrogens is 370 g/mol. The van der Waals surface area contributed by atoms with E-state index < -0.39 is 9.84 Å². The van der Waals surface area contributed by atoms with Crippen LogP contribution in [0.25, 0.3) is 0 Å². The average Bonchev–Trinajstić information content (AvgIpc) is 2.80. The topological polar surface area (TPSA) is 46.2 Å². The molecule has 0 fully saturated rings. The van der Waals surface area contributed by atoms with Crippen molar-refractivity contribution in [2.24, 2.45) is 0 Å². The number of fused-ring (bicyclic) bond motifs is 1. The van der Waals surface area contributed by atoms with E-state index in [-0.39, 0.29) is 6.04 Å². The Kier molecular flexibility index (Phi) is 4.12. The highest BCUT2D eigenvalue weighted by atomic mass is 79.9. The van der Waals surface area contributed by atoms with Crippen molar-refractivity contribution in [1.29, 1.82) is 0 Å². The van der Waals surface area contributed by atoms with Crippen molar-refractivity contribution in [1.82, 2.24) is 0 Å². The summed E-state index contributed by atoms with van der Waals surface area (Å²) in [7, 11) is -3.17. The van der Waals surface area contributed by atoms with Gasteiger partial charge in [-0.15, -0.1) is 11.3 Å². The fourth-order valence-electron chi connectivity index (χ4n) is 2.69. The maximum Gasteiger partial charge on any atom is 0.175 e. The monoisotopic (exact) mass is 385 g/mol. The van der Waals surface area contributed by atoms with Crippen molar-refractivity contribution in [2.75, 3.05) is 11.6 Å². The Morgan fingerprint density at radius 3 is 2.90 bits per heavy atom. The number of thiophene rings is 1. The number of benzene rings is 1. The number of rotatable bonds is 3. The number of hydrogen-bond acceptors (Lipinski definition) is 4. The first-order valence-electron chi connectivity index (χ1n) is 6.78. The molecule has 1 aromatic heterocycles. The van der Waals surface area contributed by atoms with E-state index in [0.29, 0.717) is 4.90 Å². The van der Waals surface area contributed by atoms with Crippen molar-refractivity contribution >= 4 is 42.8 Å².